The Hall–Kier alpha value is -2.98. The lowest BCUT2D eigenvalue weighted by atomic mass is 10.1. The van der Waals surface area contributed by atoms with Gasteiger partial charge in [-0.1, -0.05) is 48.5 Å². The smallest absolute Gasteiger partial charge is 0.234 e. The standard InChI is InChI=1S/C23H22N4/c1-17-13-19-9-5-6-10-22(19)27(17)23-24-14-20-11-12-26(16-21(20)25-23)15-18-7-3-2-4-8-18/h2-10,13-14H,11-12,15-16H2,1H3. The summed E-state index contributed by atoms with van der Waals surface area (Å²) in [6.45, 7) is 5.00. The van der Waals surface area contributed by atoms with E-state index in [1.165, 1.54) is 16.5 Å². The van der Waals surface area contributed by atoms with E-state index in [2.05, 4.69) is 82.0 Å². The maximum absolute atomic E-state index is 4.97. The summed E-state index contributed by atoms with van der Waals surface area (Å²) in [5.74, 6) is 0.772. The first-order valence-electron chi connectivity index (χ1n) is 9.46. The summed E-state index contributed by atoms with van der Waals surface area (Å²) in [7, 11) is 0. The fraction of sp³-hybridized carbons (Fsp3) is 0.217. The van der Waals surface area contributed by atoms with E-state index >= 15 is 0 Å². The van der Waals surface area contributed by atoms with Gasteiger partial charge in [-0.25, -0.2) is 9.97 Å². The molecule has 0 N–H and O–H groups in total. The van der Waals surface area contributed by atoms with Gasteiger partial charge >= 0.3 is 0 Å². The van der Waals surface area contributed by atoms with Gasteiger partial charge in [0.2, 0.25) is 5.95 Å². The number of benzene rings is 2. The van der Waals surface area contributed by atoms with Crippen LogP contribution in [0, 0.1) is 6.92 Å². The van der Waals surface area contributed by atoms with Crippen molar-refractivity contribution in [3.8, 4) is 5.95 Å². The molecule has 0 saturated carbocycles. The Bertz CT molecular complexity index is 1100. The third kappa shape index (κ3) is 3.02. The van der Waals surface area contributed by atoms with Gasteiger partial charge in [-0.3, -0.25) is 9.47 Å². The average Bonchev–Trinajstić information content (AvgIpc) is 3.04. The number of aryl methyl sites for hydroxylation is 1. The molecule has 4 nitrogen and oxygen atoms in total. The van der Waals surface area contributed by atoms with Crippen LogP contribution in [0.2, 0.25) is 0 Å². The number of hydrogen-bond acceptors (Lipinski definition) is 3. The summed E-state index contributed by atoms with van der Waals surface area (Å²) in [6, 6.07) is 21.3. The van der Waals surface area contributed by atoms with Crippen LogP contribution in [0.25, 0.3) is 16.9 Å². The van der Waals surface area contributed by atoms with E-state index in [9.17, 15) is 0 Å². The van der Waals surface area contributed by atoms with Crippen molar-refractivity contribution in [1.82, 2.24) is 19.4 Å². The molecule has 0 atom stereocenters. The minimum atomic E-state index is 0.772. The molecule has 0 bridgehead atoms. The van der Waals surface area contributed by atoms with E-state index in [1.54, 1.807) is 0 Å². The molecule has 0 fully saturated rings. The lowest BCUT2D eigenvalue weighted by Gasteiger charge is -2.28. The Morgan fingerprint density at radius 1 is 1.00 bits per heavy atom. The van der Waals surface area contributed by atoms with Crippen LogP contribution >= 0.6 is 0 Å². The molecule has 1 aliphatic heterocycles. The molecule has 4 aromatic rings. The van der Waals surface area contributed by atoms with Crippen molar-refractivity contribution in [2.75, 3.05) is 6.54 Å². The number of para-hydroxylation sites is 1. The van der Waals surface area contributed by atoms with Crippen molar-refractivity contribution in [3.63, 3.8) is 0 Å². The van der Waals surface area contributed by atoms with Crippen LogP contribution in [0.15, 0.2) is 66.9 Å². The minimum Gasteiger partial charge on any atom is -0.293 e. The summed E-state index contributed by atoms with van der Waals surface area (Å²) in [6.07, 6.45) is 3.03. The van der Waals surface area contributed by atoms with Gasteiger partial charge in [0.1, 0.15) is 0 Å². The Morgan fingerprint density at radius 2 is 1.81 bits per heavy atom. The second-order valence-electron chi connectivity index (χ2n) is 7.27. The predicted molar refractivity (Wildman–Crippen MR) is 108 cm³/mol. The van der Waals surface area contributed by atoms with Gasteiger partial charge in [0.05, 0.1) is 11.2 Å². The van der Waals surface area contributed by atoms with Gasteiger partial charge in [0.15, 0.2) is 0 Å². The summed E-state index contributed by atoms with van der Waals surface area (Å²) in [4.78, 5) is 12.1. The number of nitrogens with zero attached hydrogens (tertiary/aromatic N) is 4. The Morgan fingerprint density at radius 3 is 2.70 bits per heavy atom. The lowest BCUT2D eigenvalue weighted by molar-refractivity contribution is 0.241. The van der Waals surface area contributed by atoms with E-state index in [0.29, 0.717) is 0 Å². The van der Waals surface area contributed by atoms with Crippen molar-refractivity contribution >= 4 is 10.9 Å². The molecular formula is C23H22N4. The first kappa shape index (κ1) is 16.2. The summed E-state index contributed by atoms with van der Waals surface area (Å²) in [5, 5.41) is 1.22. The monoisotopic (exact) mass is 354 g/mol. The highest BCUT2D eigenvalue weighted by molar-refractivity contribution is 5.82. The van der Waals surface area contributed by atoms with Crippen LogP contribution in [-0.4, -0.2) is 26.0 Å². The fourth-order valence-electron chi connectivity index (χ4n) is 3.99. The van der Waals surface area contributed by atoms with Gasteiger partial charge in [0, 0.05) is 36.9 Å². The molecule has 1 aliphatic rings. The van der Waals surface area contributed by atoms with Crippen LogP contribution in [0.4, 0.5) is 0 Å². The molecule has 134 valence electrons. The Labute approximate surface area is 159 Å². The maximum atomic E-state index is 4.97. The SMILES string of the molecule is Cc1cc2ccccc2n1-c1ncc2c(n1)CN(Cc1ccccc1)CC2. The number of fused-ring (bicyclic) bond motifs is 2. The zero-order chi connectivity index (χ0) is 18.2. The molecule has 0 amide bonds. The van der Waals surface area contributed by atoms with Crippen LogP contribution in [-0.2, 0) is 19.5 Å². The van der Waals surface area contributed by atoms with Gasteiger partial charge in [-0.05, 0) is 36.6 Å². The summed E-state index contributed by atoms with van der Waals surface area (Å²) in [5.41, 5.74) is 6.10. The molecule has 2 aromatic carbocycles. The molecule has 0 spiro atoms. The van der Waals surface area contributed by atoms with Gasteiger partial charge in [-0.15, -0.1) is 0 Å². The second-order valence-corrected chi connectivity index (χ2v) is 7.27. The van der Waals surface area contributed by atoms with Crippen LogP contribution < -0.4 is 0 Å². The maximum Gasteiger partial charge on any atom is 0.234 e. The average molecular weight is 354 g/mol. The third-order valence-corrected chi connectivity index (χ3v) is 5.36. The highest BCUT2D eigenvalue weighted by atomic mass is 15.2. The predicted octanol–water partition coefficient (Wildman–Crippen LogP) is 4.29. The van der Waals surface area contributed by atoms with Crippen LogP contribution in [0.3, 0.4) is 0 Å². The number of rotatable bonds is 3. The van der Waals surface area contributed by atoms with Crippen molar-refractivity contribution in [2.24, 2.45) is 0 Å². The van der Waals surface area contributed by atoms with Gasteiger partial charge in [0.25, 0.3) is 0 Å². The highest BCUT2D eigenvalue weighted by Crippen LogP contribution is 2.24. The van der Waals surface area contributed by atoms with E-state index < -0.39 is 0 Å². The van der Waals surface area contributed by atoms with Crippen molar-refractivity contribution in [2.45, 2.75) is 26.4 Å². The van der Waals surface area contributed by atoms with Crippen LogP contribution in [0.5, 0.6) is 0 Å². The zero-order valence-electron chi connectivity index (χ0n) is 15.5. The Kier molecular flexibility index (Phi) is 3.98. The van der Waals surface area contributed by atoms with Crippen molar-refractivity contribution < 1.29 is 0 Å². The normalized spacial score (nSPS) is 14.4. The van der Waals surface area contributed by atoms with Crippen LogP contribution in [0.1, 0.15) is 22.5 Å². The first-order chi connectivity index (χ1) is 13.3. The molecule has 4 heteroatoms. The summed E-state index contributed by atoms with van der Waals surface area (Å²) < 4.78 is 2.16. The van der Waals surface area contributed by atoms with E-state index in [-0.39, 0.29) is 0 Å². The fourth-order valence-corrected chi connectivity index (χ4v) is 3.99. The third-order valence-electron chi connectivity index (χ3n) is 5.36. The molecule has 2 aromatic heterocycles. The molecular weight excluding hydrogens is 332 g/mol. The van der Waals surface area contributed by atoms with E-state index in [4.69, 9.17) is 4.98 Å². The lowest BCUT2D eigenvalue weighted by Crippen LogP contribution is -2.31. The molecule has 27 heavy (non-hydrogen) atoms. The molecule has 0 radical (unpaired) electrons. The quantitative estimate of drug-likeness (QED) is 0.550. The summed E-state index contributed by atoms with van der Waals surface area (Å²) >= 11 is 0. The second kappa shape index (κ2) is 6.63. The molecule has 5 rings (SSSR count). The first-order valence-corrected chi connectivity index (χ1v) is 9.46. The molecule has 0 saturated heterocycles. The van der Waals surface area contributed by atoms with E-state index in [0.717, 1.165) is 48.9 Å². The zero-order valence-corrected chi connectivity index (χ0v) is 15.5. The number of hydrogen-bond donors (Lipinski definition) is 0. The minimum absolute atomic E-state index is 0.772. The molecule has 0 unspecified atom stereocenters. The molecule has 3 heterocycles. The van der Waals surface area contributed by atoms with E-state index in [1.807, 2.05) is 6.20 Å². The van der Waals surface area contributed by atoms with Crippen molar-refractivity contribution in [3.05, 3.63) is 89.4 Å². The van der Waals surface area contributed by atoms with Gasteiger partial charge in [-0.2, -0.15) is 0 Å². The van der Waals surface area contributed by atoms with Crippen molar-refractivity contribution in [1.29, 1.82) is 0 Å². The number of aromatic nitrogens is 3. The molecule has 0 aliphatic carbocycles. The topological polar surface area (TPSA) is 34.0 Å². The largest absolute Gasteiger partial charge is 0.293 e. The Balaban J connectivity index is 1.48. The highest BCUT2D eigenvalue weighted by Gasteiger charge is 2.20. The van der Waals surface area contributed by atoms with Gasteiger partial charge < -0.3 is 0 Å².